The number of rotatable bonds is 3. The number of nitrogens with two attached hydrogens (primary N) is 1. The molecular formula is C17H13N7. The molecule has 24 heavy (non-hydrogen) atoms. The molecule has 4 rings (SSSR count). The first-order chi connectivity index (χ1) is 11.8. The summed E-state index contributed by atoms with van der Waals surface area (Å²) in [6.45, 7) is 0. The molecule has 0 saturated heterocycles. The molecule has 2 aromatic heterocycles. The first kappa shape index (κ1) is 14.0. The highest BCUT2D eigenvalue weighted by molar-refractivity contribution is 5.81. The lowest BCUT2D eigenvalue weighted by Gasteiger charge is -2.01. The number of nitrogens with zero attached hydrogens (tertiary/aromatic N) is 5. The minimum absolute atomic E-state index is 0.264. The maximum atomic E-state index is 5.91. The average Bonchev–Trinajstić information content (AvgIpc) is 3.01. The Morgan fingerprint density at radius 2 is 1.62 bits per heavy atom. The summed E-state index contributed by atoms with van der Waals surface area (Å²) in [6, 6.07) is 17.1. The van der Waals surface area contributed by atoms with Crippen molar-refractivity contribution in [2.24, 2.45) is 10.2 Å². The molecule has 2 heterocycles. The molecule has 0 aliphatic carbocycles. The Labute approximate surface area is 137 Å². The van der Waals surface area contributed by atoms with Crippen LogP contribution in [0.5, 0.6) is 0 Å². The van der Waals surface area contributed by atoms with E-state index in [9.17, 15) is 0 Å². The number of fused-ring (bicyclic) bond motifs is 1. The van der Waals surface area contributed by atoms with Crippen molar-refractivity contribution in [3.63, 3.8) is 0 Å². The molecule has 0 atom stereocenters. The molecule has 0 spiro atoms. The summed E-state index contributed by atoms with van der Waals surface area (Å²) in [5.41, 5.74) is 9.90. The van der Waals surface area contributed by atoms with E-state index in [0.717, 1.165) is 16.7 Å². The van der Waals surface area contributed by atoms with Crippen LogP contribution >= 0.6 is 0 Å². The van der Waals surface area contributed by atoms with E-state index < -0.39 is 0 Å². The number of para-hydroxylation sites is 2. The number of aromatic nitrogens is 4. The van der Waals surface area contributed by atoms with E-state index in [0.29, 0.717) is 17.1 Å². The van der Waals surface area contributed by atoms with E-state index in [4.69, 9.17) is 5.73 Å². The number of H-pyrrole nitrogens is 1. The molecular weight excluding hydrogens is 302 g/mol. The largest absolute Gasteiger partial charge is 0.380 e. The second-order valence-corrected chi connectivity index (χ2v) is 5.11. The zero-order valence-electron chi connectivity index (χ0n) is 12.6. The Balaban J connectivity index is 1.77. The predicted octanol–water partition coefficient (Wildman–Crippen LogP) is 4.02. The van der Waals surface area contributed by atoms with Crippen LogP contribution in [0.25, 0.3) is 22.4 Å². The lowest BCUT2D eigenvalue weighted by molar-refractivity contribution is 1.09. The van der Waals surface area contributed by atoms with Gasteiger partial charge in [0.25, 0.3) is 0 Å². The zero-order valence-corrected chi connectivity index (χ0v) is 12.6. The smallest absolute Gasteiger partial charge is 0.173 e. The fraction of sp³-hybridized carbons (Fsp3) is 0. The summed E-state index contributed by atoms with van der Waals surface area (Å²) in [5, 5.41) is 15.3. The molecule has 4 aromatic rings. The molecule has 3 N–H and O–H groups in total. The third kappa shape index (κ3) is 2.58. The van der Waals surface area contributed by atoms with Crippen LogP contribution in [0, 0.1) is 0 Å². The van der Waals surface area contributed by atoms with E-state index in [1.807, 2.05) is 54.6 Å². The van der Waals surface area contributed by atoms with Gasteiger partial charge in [0, 0.05) is 0 Å². The summed E-state index contributed by atoms with van der Waals surface area (Å²) >= 11 is 0. The number of benzene rings is 2. The fourth-order valence-electron chi connectivity index (χ4n) is 2.31. The van der Waals surface area contributed by atoms with Gasteiger partial charge in [-0.15, -0.1) is 5.11 Å². The normalized spacial score (nSPS) is 11.3. The monoisotopic (exact) mass is 315 g/mol. The van der Waals surface area contributed by atoms with Gasteiger partial charge in [0.1, 0.15) is 11.4 Å². The van der Waals surface area contributed by atoms with Crippen LogP contribution in [0.2, 0.25) is 0 Å². The number of hydrogen-bond donors (Lipinski definition) is 2. The van der Waals surface area contributed by atoms with Crippen molar-refractivity contribution in [1.29, 1.82) is 0 Å². The maximum absolute atomic E-state index is 5.91. The Hall–Kier alpha value is -3.61. The summed E-state index contributed by atoms with van der Waals surface area (Å²) in [7, 11) is 0. The molecule has 7 heteroatoms. The van der Waals surface area contributed by atoms with Crippen molar-refractivity contribution in [3.8, 4) is 11.4 Å². The topological polar surface area (TPSA) is 105 Å². The van der Waals surface area contributed by atoms with Gasteiger partial charge in [-0.3, -0.25) is 10.1 Å². The molecule has 2 aromatic carbocycles. The predicted molar refractivity (Wildman–Crippen MR) is 92.2 cm³/mol. The average molecular weight is 315 g/mol. The Bertz CT molecular complexity index is 1020. The summed E-state index contributed by atoms with van der Waals surface area (Å²) in [6.07, 6.45) is 1.66. The minimum atomic E-state index is 0.264. The molecule has 0 amide bonds. The van der Waals surface area contributed by atoms with Gasteiger partial charge in [-0.05, 0) is 24.3 Å². The molecule has 0 aliphatic rings. The van der Waals surface area contributed by atoms with Crippen LogP contribution in [0.3, 0.4) is 0 Å². The van der Waals surface area contributed by atoms with Gasteiger partial charge < -0.3 is 5.73 Å². The van der Waals surface area contributed by atoms with Crippen LogP contribution in [0.4, 0.5) is 17.2 Å². The highest BCUT2D eigenvalue weighted by Crippen LogP contribution is 2.33. The van der Waals surface area contributed by atoms with Gasteiger partial charge >= 0.3 is 0 Å². The Morgan fingerprint density at radius 3 is 2.46 bits per heavy atom. The first-order valence-corrected chi connectivity index (χ1v) is 7.34. The van der Waals surface area contributed by atoms with Crippen LogP contribution in [0.15, 0.2) is 71.0 Å². The molecule has 0 aliphatic heterocycles. The third-order valence-corrected chi connectivity index (χ3v) is 3.49. The van der Waals surface area contributed by atoms with Crippen LogP contribution in [0.1, 0.15) is 0 Å². The van der Waals surface area contributed by atoms with Gasteiger partial charge in [-0.1, -0.05) is 30.3 Å². The van der Waals surface area contributed by atoms with E-state index in [1.165, 1.54) is 0 Å². The summed E-state index contributed by atoms with van der Waals surface area (Å²) in [4.78, 5) is 8.99. The van der Waals surface area contributed by atoms with E-state index in [1.54, 1.807) is 6.20 Å². The van der Waals surface area contributed by atoms with Gasteiger partial charge in [-0.25, -0.2) is 4.98 Å². The quantitative estimate of drug-likeness (QED) is 0.557. The fourth-order valence-corrected chi connectivity index (χ4v) is 2.31. The second-order valence-electron chi connectivity index (χ2n) is 5.11. The maximum Gasteiger partial charge on any atom is 0.173 e. The van der Waals surface area contributed by atoms with Gasteiger partial charge in [-0.2, -0.15) is 10.2 Å². The van der Waals surface area contributed by atoms with E-state index in [-0.39, 0.29) is 5.82 Å². The van der Waals surface area contributed by atoms with Crippen molar-refractivity contribution < 1.29 is 0 Å². The summed E-state index contributed by atoms with van der Waals surface area (Å²) in [5.74, 6) is 0.264. The summed E-state index contributed by atoms with van der Waals surface area (Å²) < 4.78 is 0. The number of hydrogen-bond acceptors (Lipinski definition) is 6. The second kappa shape index (κ2) is 5.88. The minimum Gasteiger partial charge on any atom is -0.380 e. The van der Waals surface area contributed by atoms with Crippen molar-refractivity contribution in [2.75, 3.05) is 5.73 Å². The standard InChI is InChI=1S/C17H13N7/c18-17-16(23-21-11-6-2-1-3-7-11)15(22-24-17)14-10-19-12-8-4-5-9-13(12)20-14/h1-10H,(H3,18,22,24). The van der Waals surface area contributed by atoms with Gasteiger partial charge in [0.2, 0.25) is 0 Å². The highest BCUT2D eigenvalue weighted by Gasteiger charge is 2.14. The molecule has 0 bridgehead atoms. The number of aromatic amines is 1. The molecule has 0 radical (unpaired) electrons. The number of azo groups is 1. The molecule has 7 nitrogen and oxygen atoms in total. The lowest BCUT2D eigenvalue weighted by atomic mass is 10.2. The van der Waals surface area contributed by atoms with Crippen molar-refractivity contribution in [3.05, 3.63) is 60.8 Å². The van der Waals surface area contributed by atoms with Gasteiger partial charge in [0.15, 0.2) is 11.5 Å². The Kier molecular flexibility index (Phi) is 3.43. The third-order valence-electron chi connectivity index (χ3n) is 3.49. The first-order valence-electron chi connectivity index (χ1n) is 7.34. The van der Waals surface area contributed by atoms with Crippen molar-refractivity contribution in [2.45, 2.75) is 0 Å². The molecule has 0 fully saturated rings. The number of anilines is 1. The number of nitrogen functional groups attached to an aromatic ring is 1. The van der Waals surface area contributed by atoms with Crippen LogP contribution < -0.4 is 5.73 Å². The van der Waals surface area contributed by atoms with Gasteiger partial charge in [0.05, 0.1) is 22.9 Å². The van der Waals surface area contributed by atoms with Crippen LogP contribution in [-0.4, -0.2) is 20.2 Å². The van der Waals surface area contributed by atoms with E-state index in [2.05, 4.69) is 30.4 Å². The molecule has 116 valence electrons. The number of nitrogens with one attached hydrogen (secondary N) is 1. The molecule has 0 saturated carbocycles. The van der Waals surface area contributed by atoms with Crippen molar-refractivity contribution in [1.82, 2.24) is 20.2 Å². The Morgan fingerprint density at radius 1 is 0.875 bits per heavy atom. The van der Waals surface area contributed by atoms with Crippen LogP contribution in [-0.2, 0) is 0 Å². The zero-order chi connectivity index (χ0) is 16.4. The molecule has 0 unspecified atom stereocenters. The van der Waals surface area contributed by atoms with Crippen molar-refractivity contribution >= 4 is 28.2 Å². The SMILES string of the molecule is Nc1n[nH]c(-c2cnc3ccccc3n2)c1N=Nc1ccccc1. The van der Waals surface area contributed by atoms with E-state index >= 15 is 0 Å². The lowest BCUT2D eigenvalue weighted by Crippen LogP contribution is -1.89. The highest BCUT2D eigenvalue weighted by atomic mass is 15.2.